The average Bonchev–Trinajstić information content (AvgIpc) is 2.28. The molecule has 0 amide bonds. The van der Waals surface area contributed by atoms with Crippen LogP contribution in [0.3, 0.4) is 0 Å². The minimum atomic E-state index is 0.775. The van der Waals surface area contributed by atoms with E-state index >= 15 is 0 Å². The third-order valence-electron chi connectivity index (χ3n) is 2.13. The van der Waals surface area contributed by atoms with Crippen LogP contribution in [0.2, 0.25) is 0 Å². The number of thiocarbonyl (C=S) groups is 1. The fraction of sp³-hybridized carbons (Fsp3) is 0.909. The summed E-state index contributed by atoms with van der Waals surface area (Å²) in [6.07, 6.45) is 1.98. The number of hydrogen-bond acceptors (Lipinski definition) is 3. The highest BCUT2D eigenvalue weighted by Gasteiger charge is 2.02. The van der Waals surface area contributed by atoms with Crippen LogP contribution < -0.4 is 5.32 Å². The van der Waals surface area contributed by atoms with Crippen molar-refractivity contribution in [3.05, 3.63) is 0 Å². The molecule has 0 aliphatic heterocycles. The van der Waals surface area contributed by atoms with E-state index in [9.17, 15) is 0 Å². The predicted molar refractivity (Wildman–Crippen MR) is 70.8 cm³/mol. The Balaban J connectivity index is 3.40. The molecule has 0 fully saturated rings. The maximum absolute atomic E-state index is 5.24. The molecule has 0 aromatic rings. The molecule has 0 unspecified atom stereocenters. The number of ether oxygens (including phenoxy) is 2. The van der Waals surface area contributed by atoms with Crippen LogP contribution in [0.1, 0.15) is 19.8 Å². The Kier molecular flexibility index (Phi) is 10.8. The lowest BCUT2D eigenvalue weighted by atomic mass is 10.4. The number of rotatable bonds is 9. The van der Waals surface area contributed by atoms with Gasteiger partial charge in [0.25, 0.3) is 0 Å². The van der Waals surface area contributed by atoms with Crippen LogP contribution in [0, 0.1) is 0 Å². The quantitative estimate of drug-likeness (QED) is 0.491. The Labute approximate surface area is 104 Å². The lowest BCUT2D eigenvalue weighted by Gasteiger charge is -2.20. The van der Waals surface area contributed by atoms with Gasteiger partial charge in [0.05, 0.1) is 0 Å². The summed E-state index contributed by atoms with van der Waals surface area (Å²) in [4.78, 5) is 2.04. The zero-order valence-electron chi connectivity index (χ0n) is 10.6. The second-order valence-electron chi connectivity index (χ2n) is 3.55. The van der Waals surface area contributed by atoms with Crippen molar-refractivity contribution >= 4 is 17.3 Å². The van der Waals surface area contributed by atoms with Crippen molar-refractivity contribution in [2.24, 2.45) is 0 Å². The molecule has 0 aromatic carbocycles. The predicted octanol–water partition coefficient (Wildman–Crippen LogP) is 1.26. The zero-order chi connectivity index (χ0) is 12.2. The van der Waals surface area contributed by atoms with Crippen LogP contribution in [-0.4, -0.2) is 57.1 Å². The molecular formula is C11H24N2O2S. The SMILES string of the molecule is CCOCCCNC(=S)N(C)CCCOC. The molecule has 5 heteroatoms. The van der Waals surface area contributed by atoms with Crippen LogP contribution in [0.5, 0.6) is 0 Å². The first-order chi connectivity index (χ1) is 7.72. The van der Waals surface area contributed by atoms with E-state index in [2.05, 4.69) is 5.32 Å². The summed E-state index contributed by atoms with van der Waals surface area (Å²) >= 11 is 5.24. The normalized spacial score (nSPS) is 10.2. The van der Waals surface area contributed by atoms with E-state index < -0.39 is 0 Å². The standard InChI is InChI=1S/C11H24N2O2S/c1-4-15-10-5-7-12-11(16)13(2)8-6-9-14-3/h4-10H2,1-3H3,(H,12,16). The smallest absolute Gasteiger partial charge is 0.168 e. The summed E-state index contributed by atoms with van der Waals surface area (Å²) in [5.74, 6) is 0. The molecule has 1 N–H and O–H groups in total. The largest absolute Gasteiger partial charge is 0.385 e. The molecule has 4 nitrogen and oxygen atoms in total. The maximum Gasteiger partial charge on any atom is 0.168 e. The van der Waals surface area contributed by atoms with E-state index in [0.717, 1.165) is 50.9 Å². The highest BCUT2D eigenvalue weighted by molar-refractivity contribution is 7.80. The van der Waals surface area contributed by atoms with Crippen LogP contribution in [0.25, 0.3) is 0 Å². The summed E-state index contributed by atoms with van der Waals surface area (Å²) in [5, 5.41) is 4.00. The molecule has 0 spiro atoms. The first-order valence-electron chi connectivity index (χ1n) is 5.78. The van der Waals surface area contributed by atoms with Gasteiger partial charge in [0, 0.05) is 47.1 Å². The summed E-state index contributed by atoms with van der Waals surface area (Å²) in [7, 11) is 3.71. The lowest BCUT2D eigenvalue weighted by Crippen LogP contribution is -2.38. The molecule has 0 radical (unpaired) electrons. The van der Waals surface area contributed by atoms with Gasteiger partial charge in [-0.3, -0.25) is 0 Å². The Hall–Kier alpha value is -0.390. The molecule has 0 saturated heterocycles. The van der Waals surface area contributed by atoms with Crippen LogP contribution in [-0.2, 0) is 9.47 Å². The van der Waals surface area contributed by atoms with E-state index in [4.69, 9.17) is 21.7 Å². The van der Waals surface area contributed by atoms with E-state index in [-0.39, 0.29) is 0 Å². The summed E-state index contributed by atoms with van der Waals surface area (Å²) in [6.45, 7) is 6.14. The first kappa shape index (κ1) is 15.6. The third kappa shape index (κ3) is 8.88. The molecule has 0 aliphatic rings. The van der Waals surface area contributed by atoms with Crippen LogP contribution in [0.15, 0.2) is 0 Å². The fourth-order valence-corrected chi connectivity index (χ4v) is 1.39. The fourth-order valence-electron chi connectivity index (χ4n) is 1.20. The van der Waals surface area contributed by atoms with Crippen LogP contribution in [0.4, 0.5) is 0 Å². The minimum absolute atomic E-state index is 0.775. The van der Waals surface area contributed by atoms with E-state index in [0.29, 0.717) is 0 Å². The van der Waals surface area contributed by atoms with E-state index in [1.54, 1.807) is 7.11 Å². The summed E-state index contributed by atoms with van der Waals surface area (Å²) < 4.78 is 10.2. The number of methoxy groups -OCH3 is 1. The van der Waals surface area contributed by atoms with Gasteiger partial charge in [-0.1, -0.05) is 0 Å². The van der Waals surface area contributed by atoms with Gasteiger partial charge in [-0.05, 0) is 32.0 Å². The Morgan fingerprint density at radius 3 is 2.69 bits per heavy atom. The minimum Gasteiger partial charge on any atom is -0.385 e. The average molecular weight is 248 g/mol. The highest BCUT2D eigenvalue weighted by Crippen LogP contribution is 1.90. The molecule has 0 bridgehead atoms. The molecule has 0 aromatic heterocycles. The van der Waals surface area contributed by atoms with Crippen molar-refractivity contribution in [2.45, 2.75) is 19.8 Å². The van der Waals surface area contributed by atoms with Gasteiger partial charge in [-0.25, -0.2) is 0 Å². The van der Waals surface area contributed by atoms with Gasteiger partial charge in [0.2, 0.25) is 0 Å². The van der Waals surface area contributed by atoms with Gasteiger partial charge in [-0.2, -0.15) is 0 Å². The Morgan fingerprint density at radius 2 is 2.06 bits per heavy atom. The van der Waals surface area contributed by atoms with Gasteiger partial charge >= 0.3 is 0 Å². The van der Waals surface area contributed by atoms with E-state index in [1.807, 2.05) is 18.9 Å². The van der Waals surface area contributed by atoms with Crippen molar-refractivity contribution in [3.63, 3.8) is 0 Å². The zero-order valence-corrected chi connectivity index (χ0v) is 11.4. The molecule has 0 atom stereocenters. The Bertz CT molecular complexity index is 179. The lowest BCUT2D eigenvalue weighted by molar-refractivity contribution is 0.145. The van der Waals surface area contributed by atoms with Gasteiger partial charge < -0.3 is 19.7 Å². The maximum atomic E-state index is 5.24. The Morgan fingerprint density at radius 1 is 1.31 bits per heavy atom. The first-order valence-corrected chi connectivity index (χ1v) is 6.18. The number of nitrogens with one attached hydrogen (secondary N) is 1. The molecular weight excluding hydrogens is 224 g/mol. The van der Waals surface area contributed by atoms with Gasteiger partial charge in [0.1, 0.15) is 0 Å². The monoisotopic (exact) mass is 248 g/mol. The molecule has 0 saturated carbocycles. The highest BCUT2D eigenvalue weighted by atomic mass is 32.1. The second-order valence-corrected chi connectivity index (χ2v) is 3.94. The van der Waals surface area contributed by atoms with Gasteiger partial charge in [-0.15, -0.1) is 0 Å². The van der Waals surface area contributed by atoms with Crippen molar-refractivity contribution in [1.82, 2.24) is 10.2 Å². The summed E-state index contributed by atoms with van der Waals surface area (Å²) in [6, 6.07) is 0. The second kappa shape index (κ2) is 11.1. The molecule has 96 valence electrons. The molecule has 0 aliphatic carbocycles. The third-order valence-corrected chi connectivity index (χ3v) is 2.59. The van der Waals surface area contributed by atoms with E-state index in [1.165, 1.54) is 0 Å². The van der Waals surface area contributed by atoms with Crippen LogP contribution >= 0.6 is 12.2 Å². The molecule has 0 rings (SSSR count). The van der Waals surface area contributed by atoms with Gasteiger partial charge in [0.15, 0.2) is 5.11 Å². The molecule has 16 heavy (non-hydrogen) atoms. The van der Waals surface area contributed by atoms with Crippen molar-refractivity contribution in [2.75, 3.05) is 47.1 Å². The topological polar surface area (TPSA) is 33.7 Å². The number of hydrogen-bond donors (Lipinski definition) is 1. The molecule has 0 heterocycles. The van der Waals surface area contributed by atoms with Crippen molar-refractivity contribution < 1.29 is 9.47 Å². The summed E-state index contributed by atoms with van der Waals surface area (Å²) in [5.41, 5.74) is 0. The van der Waals surface area contributed by atoms with Crippen molar-refractivity contribution in [3.8, 4) is 0 Å². The van der Waals surface area contributed by atoms with Crippen molar-refractivity contribution in [1.29, 1.82) is 0 Å². The number of nitrogens with zero attached hydrogens (tertiary/aromatic N) is 1.